The summed E-state index contributed by atoms with van der Waals surface area (Å²) >= 11 is 0. The molecule has 4 heteroatoms. The lowest BCUT2D eigenvalue weighted by molar-refractivity contribution is 0.670. The molecule has 0 bridgehead atoms. The summed E-state index contributed by atoms with van der Waals surface area (Å²) in [6, 6.07) is 41.8. The zero-order valence-electron chi connectivity index (χ0n) is 19.9. The van der Waals surface area contributed by atoms with Crippen LogP contribution in [0.15, 0.2) is 132 Å². The minimum Gasteiger partial charge on any atom is -0.452 e. The Labute approximate surface area is 212 Å². The Kier molecular flexibility index (Phi) is 4.19. The van der Waals surface area contributed by atoms with Crippen molar-refractivity contribution in [3.8, 4) is 28.2 Å². The van der Waals surface area contributed by atoms with E-state index < -0.39 is 0 Å². The topological polar surface area (TPSA) is 35.4 Å². The van der Waals surface area contributed by atoms with Gasteiger partial charge in [0.05, 0.1) is 28.1 Å². The highest BCUT2D eigenvalue weighted by Crippen LogP contribution is 2.38. The van der Waals surface area contributed by atoms with Crippen molar-refractivity contribution in [2.24, 2.45) is 0 Å². The monoisotopic (exact) mass is 475 g/mol. The van der Waals surface area contributed by atoms with Crippen molar-refractivity contribution in [2.75, 3.05) is 0 Å². The van der Waals surface area contributed by atoms with E-state index in [1.807, 2.05) is 24.3 Å². The molecule has 4 aromatic heterocycles. The number of para-hydroxylation sites is 3. The maximum absolute atomic E-state index is 6.47. The van der Waals surface area contributed by atoms with Crippen LogP contribution >= 0.6 is 0 Å². The summed E-state index contributed by atoms with van der Waals surface area (Å²) in [6.45, 7) is 0. The first-order chi connectivity index (χ1) is 18.3. The van der Waals surface area contributed by atoms with Gasteiger partial charge in [-0.05, 0) is 30.3 Å². The van der Waals surface area contributed by atoms with Gasteiger partial charge in [-0.1, -0.05) is 91.0 Å². The average molecular weight is 476 g/mol. The molecule has 0 N–H and O–H groups in total. The fourth-order valence-electron chi connectivity index (χ4n) is 5.44. The summed E-state index contributed by atoms with van der Waals surface area (Å²) < 4.78 is 11.0. The minimum absolute atomic E-state index is 0.886. The van der Waals surface area contributed by atoms with Crippen LogP contribution in [0.5, 0.6) is 0 Å². The van der Waals surface area contributed by atoms with Gasteiger partial charge >= 0.3 is 0 Å². The van der Waals surface area contributed by atoms with Crippen LogP contribution in [0.3, 0.4) is 0 Å². The molecule has 174 valence electrons. The van der Waals surface area contributed by atoms with Crippen LogP contribution in [-0.4, -0.2) is 14.0 Å². The smallest absolute Gasteiger partial charge is 0.178 e. The molecule has 4 aromatic carbocycles. The van der Waals surface area contributed by atoms with Gasteiger partial charge in [0.1, 0.15) is 5.58 Å². The Balaban J connectivity index is 1.51. The second-order valence-corrected chi connectivity index (χ2v) is 9.32. The van der Waals surface area contributed by atoms with Crippen molar-refractivity contribution in [3.63, 3.8) is 0 Å². The molecule has 0 amide bonds. The third-order valence-electron chi connectivity index (χ3n) is 7.12. The Morgan fingerprint density at radius 1 is 0.568 bits per heavy atom. The van der Waals surface area contributed by atoms with Crippen molar-refractivity contribution in [3.05, 3.63) is 128 Å². The van der Waals surface area contributed by atoms with E-state index in [9.17, 15) is 0 Å². The summed E-state index contributed by atoms with van der Waals surface area (Å²) in [4.78, 5) is 5.09. The van der Waals surface area contributed by atoms with Crippen LogP contribution < -0.4 is 0 Å². The van der Waals surface area contributed by atoms with Crippen LogP contribution in [0.4, 0.5) is 0 Å². The lowest BCUT2D eigenvalue weighted by atomic mass is 10.1. The predicted octanol–water partition coefficient (Wildman–Crippen LogP) is 8.51. The first-order valence-corrected chi connectivity index (χ1v) is 12.4. The van der Waals surface area contributed by atoms with E-state index in [4.69, 9.17) is 9.40 Å². The van der Waals surface area contributed by atoms with Crippen molar-refractivity contribution in [1.82, 2.24) is 14.0 Å². The summed E-state index contributed by atoms with van der Waals surface area (Å²) in [5, 5.41) is 2.24. The summed E-state index contributed by atoms with van der Waals surface area (Å²) in [7, 11) is 0. The number of rotatable bonds is 3. The summed E-state index contributed by atoms with van der Waals surface area (Å²) in [5.41, 5.74) is 10.1. The van der Waals surface area contributed by atoms with Crippen molar-refractivity contribution in [1.29, 1.82) is 0 Å². The van der Waals surface area contributed by atoms with E-state index in [0.717, 1.165) is 66.8 Å². The van der Waals surface area contributed by atoms with E-state index in [-0.39, 0.29) is 0 Å². The molecule has 0 aliphatic heterocycles. The number of benzene rings is 4. The fourth-order valence-corrected chi connectivity index (χ4v) is 5.44. The molecule has 4 heterocycles. The van der Waals surface area contributed by atoms with Crippen LogP contribution in [-0.2, 0) is 0 Å². The van der Waals surface area contributed by atoms with Crippen molar-refractivity contribution >= 4 is 38.6 Å². The fraction of sp³-hybridized carbons (Fsp3) is 0. The highest BCUT2D eigenvalue weighted by atomic mass is 16.3. The average Bonchev–Trinajstić information content (AvgIpc) is 3.61. The first kappa shape index (κ1) is 20.1. The number of imidazole rings is 1. The molecule has 0 radical (unpaired) electrons. The number of pyridine rings is 1. The molecular formula is C33H21N3O. The van der Waals surface area contributed by atoms with Crippen molar-refractivity contribution in [2.45, 2.75) is 0 Å². The van der Waals surface area contributed by atoms with Crippen LogP contribution in [0.2, 0.25) is 0 Å². The second kappa shape index (κ2) is 7.70. The van der Waals surface area contributed by atoms with Crippen molar-refractivity contribution < 1.29 is 4.42 Å². The normalized spacial score (nSPS) is 11.8. The standard InChI is InChI=1S/C33H21N3O/c1-3-11-22(12-4-1)27-19-24(20-28(34-27)23-13-5-2-6-14-23)36-30-17-9-8-16-29(30)35-21-26-25-15-7-10-18-31(25)37-32(26)33(35)36/h1-21H. The molecule has 37 heavy (non-hydrogen) atoms. The lowest BCUT2D eigenvalue weighted by Crippen LogP contribution is -1.98. The van der Waals surface area contributed by atoms with E-state index >= 15 is 0 Å². The Morgan fingerprint density at radius 3 is 1.86 bits per heavy atom. The summed E-state index contributed by atoms with van der Waals surface area (Å²) in [5.74, 6) is 0. The van der Waals surface area contributed by atoms with Gasteiger partial charge in [0, 0.05) is 28.1 Å². The minimum atomic E-state index is 0.886. The third kappa shape index (κ3) is 2.99. The third-order valence-corrected chi connectivity index (χ3v) is 7.12. The molecule has 0 aliphatic carbocycles. The van der Waals surface area contributed by atoms with E-state index in [1.54, 1.807) is 0 Å². The number of aromatic nitrogens is 3. The molecule has 4 nitrogen and oxygen atoms in total. The Morgan fingerprint density at radius 2 is 1.16 bits per heavy atom. The second-order valence-electron chi connectivity index (χ2n) is 9.32. The van der Waals surface area contributed by atoms with Gasteiger partial charge in [-0.3, -0.25) is 8.97 Å². The molecule has 0 saturated carbocycles. The largest absolute Gasteiger partial charge is 0.452 e. The lowest BCUT2D eigenvalue weighted by Gasteiger charge is -2.12. The number of nitrogens with zero attached hydrogens (tertiary/aromatic N) is 3. The summed E-state index contributed by atoms with van der Waals surface area (Å²) in [6.07, 6.45) is 2.20. The molecule has 0 aliphatic rings. The molecule has 0 fully saturated rings. The number of hydrogen-bond donors (Lipinski definition) is 0. The zero-order chi connectivity index (χ0) is 24.3. The molecular weight excluding hydrogens is 454 g/mol. The van der Waals surface area contributed by atoms with E-state index in [0.29, 0.717) is 0 Å². The molecule has 8 rings (SSSR count). The molecule has 8 aromatic rings. The van der Waals surface area contributed by atoms with Gasteiger partial charge in [0.15, 0.2) is 11.2 Å². The Bertz CT molecular complexity index is 2020. The van der Waals surface area contributed by atoms with E-state index in [2.05, 4.69) is 112 Å². The van der Waals surface area contributed by atoms with Gasteiger partial charge in [0.2, 0.25) is 0 Å². The van der Waals surface area contributed by atoms with E-state index in [1.165, 1.54) is 0 Å². The van der Waals surface area contributed by atoms with Gasteiger partial charge in [-0.25, -0.2) is 4.98 Å². The number of fused-ring (bicyclic) bond motifs is 7. The maximum Gasteiger partial charge on any atom is 0.178 e. The zero-order valence-corrected chi connectivity index (χ0v) is 19.9. The van der Waals surface area contributed by atoms with Gasteiger partial charge in [-0.2, -0.15) is 0 Å². The quantitative estimate of drug-likeness (QED) is 0.257. The molecule has 0 spiro atoms. The molecule has 0 unspecified atom stereocenters. The highest BCUT2D eigenvalue weighted by Gasteiger charge is 2.21. The SMILES string of the molecule is c1ccc(-c2cc(-n3c4ccccc4n4cc5c6ccccc6oc5c34)cc(-c3ccccc3)n2)cc1. The maximum atomic E-state index is 6.47. The van der Waals surface area contributed by atoms with Crippen LogP contribution in [0, 0.1) is 0 Å². The number of hydrogen-bond acceptors (Lipinski definition) is 2. The van der Waals surface area contributed by atoms with Crippen LogP contribution in [0.1, 0.15) is 0 Å². The van der Waals surface area contributed by atoms with Crippen LogP contribution in [0.25, 0.3) is 66.8 Å². The Hall–Kier alpha value is -5.09. The molecule has 0 atom stereocenters. The highest BCUT2D eigenvalue weighted by molar-refractivity contribution is 6.12. The first-order valence-electron chi connectivity index (χ1n) is 12.4. The van der Waals surface area contributed by atoms with Gasteiger partial charge < -0.3 is 4.42 Å². The molecule has 0 saturated heterocycles. The number of furan rings is 1. The van der Waals surface area contributed by atoms with Gasteiger partial charge in [-0.15, -0.1) is 0 Å². The van der Waals surface area contributed by atoms with Gasteiger partial charge in [0.25, 0.3) is 0 Å². The predicted molar refractivity (Wildman–Crippen MR) is 150 cm³/mol.